The molecular formula is C14H13F6N3. The minimum atomic E-state index is -4.99. The van der Waals surface area contributed by atoms with Gasteiger partial charge in [-0.3, -0.25) is 0 Å². The van der Waals surface area contributed by atoms with E-state index in [0.29, 0.717) is 17.8 Å². The molecular weight excluding hydrogens is 324 g/mol. The van der Waals surface area contributed by atoms with Gasteiger partial charge < -0.3 is 16.8 Å². The number of hydrogen-bond donors (Lipinski definition) is 3. The summed E-state index contributed by atoms with van der Waals surface area (Å²) in [5.74, 6) is 0. The van der Waals surface area contributed by atoms with Gasteiger partial charge in [0.05, 0.1) is 5.57 Å². The van der Waals surface area contributed by atoms with Crippen LogP contribution in [-0.2, 0) is 0 Å². The Morgan fingerprint density at radius 1 is 1.00 bits per heavy atom. The number of anilines is 2. The van der Waals surface area contributed by atoms with E-state index in [9.17, 15) is 26.3 Å². The van der Waals surface area contributed by atoms with Gasteiger partial charge in [-0.1, -0.05) is 6.08 Å². The molecule has 1 unspecified atom stereocenters. The molecule has 0 bridgehead atoms. The average molecular weight is 337 g/mol. The fourth-order valence-corrected chi connectivity index (χ4v) is 2.07. The van der Waals surface area contributed by atoms with Crippen LogP contribution < -0.4 is 16.8 Å². The molecule has 0 spiro atoms. The molecule has 1 aromatic carbocycles. The average Bonchev–Trinajstić information content (AvgIpc) is 2.41. The number of nitrogen functional groups attached to an aromatic ring is 1. The van der Waals surface area contributed by atoms with Gasteiger partial charge in [0, 0.05) is 23.5 Å². The molecule has 0 amide bonds. The molecule has 0 saturated carbocycles. The summed E-state index contributed by atoms with van der Waals surface area (Å²) in [5, 5.41) is 2.45. The van der Waals surface area contributed by atoms with Crippen LogP contribution in [0.15, 0.2) is 47.7 Å². The lowest BCUT2D eigenvalue weighted by atomic mass is 9.85. The first-order valence-electron chi connectivity index (χ1n) is 6.40. The Bertz CT molecular complexity index is 642. The van der Waals surface area contributed by atoms with E-state index in [0.717, 1.165) is 0 Å². The molecule has 1 atom stereocenters. The van der Waals surface area contributed by atoms with Crippen molar-refractivity contribution in [1.82, 2.24) is 0 Å². The molecule has 1 aliphatic rings. The number of rotatable bonds is 2. The SMILES string of the molecule is Nc1ccc(NC2=C(C(F)(F)F)CC(N)(C(F)(F)F)C=C2)cc1. The maximum Gasteiger partial charge on any atom is 0.414 e. The lowest BCUT2D eigenvalue weighted by Crippen LogP contribution is -2.54. The highest BCUT2D eigenvalue weighted by Gasteiger charge is 2.55. The van der Waals surface area contributed by atoms with Gasteiger partial charge >= 0.3 is 12.4 Å². The first-order valence-corrected chi connectivity index (χ1v) is 6.40. The van der Waals surface area contributed by atoms with Crippen LogP contribution in [-0.4, -0.2) is 17.9 Å². The van der Waals surface area contributed by atoms with Crippen LogP contribution in [0.25, 0.3) is 0 Å². The zero-order valence-corrected chi connectivity index (χ0v) is 11.6. The number of halogens is 6. The standard InChI is InChI=1S/C14H13F6N3/c15-13(16,17)10-7-12(22,14(18,19)20)6-5-11(10)23-9-3-1-8(21)2-4-9/h1-6,23H,7,21-22H2. The Morgan fingerprint density at radius 3 is 2.04 bits per heavy atom. The molecule has 126 valence electrons. The molecule has 3 nitrogen and oxygen atoms in total. The molecule has 0 aromatic heterocycles. The highest BCUT2D eigenvalue weighted by molar-refractivity contribution is 5.58. The van der Waals surface area contributed by atoms with Gasteiger partial charge in [-0.25, -0.2) is 0 Å². The van der Waals surface area contributed by atoms with Crippen molar-refractivity contribution in [2.24, 2.45) is 5.73 Å². The van der Waals surface area contributed by atoms with Crippen LogP contribution in [0.5, 0.6) is 0 Å². The van der Waals surface area contributed by atoms with Gasteiger partial charge in [-0.15, -0.1) is 0 Å². The molecule has 9 heteroatoms. The smallest absolute Gasteiger partial charge is 0.399 e. The third-order valence-corrected chi connectivity index (χ3v) is 3.40. The first-order chi connectivity index (χ1) is 10.4. The number of hydrogen-bond acceptors (Lipinski definition) is 3. The molecule has 0 radical (unpaired) electrons. The number of nitrogens with two attached hydrogens (primary N) is 2. The maximum atomic E-state index is 13.1. The summed E-state index contributed by atoms with van der Waals surface area (Å²) in [6, 6.07) is 5.73. The van der Waals surface area contributed by atoms with Gasteiger partial charge in [-0.2, -0.15) is 26.3 Å². The molecule has 5 N–H and O–H groups in total. The first kappa shape index (κ1) is 17.2. The number of alkyl halides is 6. The second-order valence-corrected chi connectivity index (χ2v) is 5.19. The summed E-state index contributed by atoms with van der Waals surface area (Å²) >= 11 is 0. The van der Waals surface area contributed by atoms with Crippen molar-refractivity contribution >= 4 is 11.4 Å². The van der Waals surface area contributed by atoms with Gasteiger partial charge in [0.25, 0.3) is 0 Å². The largest absolute Gasteiger partial charge is 0.414 e. The second-order valence-electron chi connectivity index (χ2n) is 5.19. The number of nitrogens with one attached hydrogen (secondary N) is 1. The number of allylic oxidation sites excluding steroid dienone is 1. The van der Waals surface area contributed by atoms with Crippen molar-refractivity contribution < 1.29 is 26.3 Å². The van der Waals surface area contributed by atoms with Crippen molar-refractivity contribution in [3.63, 3.8) is 0 Å². The predicted octanol–water partition coefficient (Wildman–Crippen LogP) is 3.72. The lowest BCUT2D eigenvalue weighted by molar-refractivity contribution is -0.176. The van der Waals surface area contributed by atoms with Crippen LogP contribution >= 0.6 is 0 Å². The summed E-state index contributed by atoms with van der Waals surface area (Å²) < 4.78 is 78.0. The van der Waals surface area contributed by atoms with E-state index in [4.69, 9.17) is 11.5 Å². The van der Waals surface area contributed by atoms with Crippen molar-refractivity contribution in [2.75, 3.05) is 11.1 Å². The molecule has 2 rings (SSSR count). The molecule has 0 heterocycles. The van der Waals surface area contributed by atoms with Crippen LogP contribution in [0.2, 0.25) is 0 Å². The summed E-state index contributed by atoms with van der Waals surface area (Å²) in [7, 11) is 0. The third-order valence-electron chi connectivity index (χ3n) is 3.40. The van der Waals surface area contributed by atoms with Crippen molar-refractivity contribution in [2.45, 2.75) is 24.3 Å². The molecule has 0 fully saturated rings. The Kier molecular flexibility index (Phi) is 4.10. The Balaban J connectivity index is 2.39. The second kappa shape index (κ2) is 5.48. The van der Waals surface area contributed by atoms with Crippen LogP contribution in [0.4, 0.5) is 37.7 Å². The quantitative estimate of drug-likeness (QED) is 0.569. The zero-order valence-electron chi connectivity index (χ0n) is 11.6. The van der Waals surface area contributed by atoms with E-state index >= 15 is 0 Å². The lowest BCUT2D eigenvalue weighted by Gasteiger charge is -2.34. The van der Waals surface area contributed by atoms with Crippen molar-refractivity contribution in [3.8, 4) is 0 Å². The van der Waals surface area contributed by atoms with Crippen molar-refractivity contribution in [1.29, 1.82) is 0 Å². The van der Waals surface area contributed by atoms with Crippen LogP contribution in [0, 0.1) is 0 Å². The summed E-state index contributed by atoms with van der Waals surface area (Å²) in [4.78, 5) is 0. The zero-order chi connectivity index (χ0) is 17.5. The molecule has 23 heavy (non-hydrogen) atoms. The summed E-state index contributed by atoms with van der Waals surface area (Å²) in [5.41, 5.74) is 6.34. The third kappa shape index (κ3) is 3.61. The highest BCUT2D eigenvalue weighted by atomic mass is 19.4. The van der Waals surface area contributed by atoms with E-state index in [1.54, 1.807) is 0 Å². The molecule has 0 saturated heterocycles. The minimum absolute atomic E-state index is 0.261. The van der Waals surface area contributed by atoms with E-state index < -0.39 is 35.6 Å². The predicted molar refractivity (Wildman–Crippen MR) is 74.3 cm³/mol. The fraction of sp³-hybridized carbons (Fsp3) is 0.286. The Labute approximate surface area is 127 Å². The monoisotopic (exact) mass is 337 g/mol. The van der Waals surface area contributed by atoms with E-state index in [1.807, 2.05) is 0 Å². The summed E-state index contributed by atoms with van der Waals surface area (Å²) in [6.45, 7) is 0. The number of benzene rings is 1. The topological polar surface area (TPSA) is 64.1 Å². The van der Waals surface area contributed by atoms with Gasteiger partial charge in [-0.05, 0) is 30.3 Å². The van der Waals surface area contributed by atoms with Crippen LogP contribution in [0.3, 0.4) is 0 Å². The highest BCUT2D eigenvalue weighted by Crippen LogP contribution is 2.43. The molecule has 0 aliphatic heterocycles. The molecule has 1 aromatic rings. The van der Waals surface area contributed by atoms with E-state index in [2.05, 4.69) is 5.32 Å². The Hall–Kier alpha value is -2.16. The van der Waals surface area contributed by atoms with E-state index in [-0.39, 0.29) is 5.69 Å². The van der Waals surface area contributed by atoms with Gasteiger partial charge in [0.2, 0.25) is 0 Å². The van der Waals surface area contributed by atoms with Gasteiger partial charge in [0.15, 0.2) is 0 Å². The van der Waals surface area contributed by atoms with E-state index in [1.165, 1.54) is 24.3 Å². The minimum Gasteiger partial charge on any atom is -0.399 e. The summed E-state index contributed by atoms with van der Waals surface area (Å²) in [6.07, 6.45) is -10.1. The molecule has 1 aliphatic carbocycles. The van der Waals surface area contributed by atoms with Crippen molar-refractivity contribution in [3.05, 3.63) is 47.7 Å². The van der Waals surface area contributed by atoms with Gasteiger partial charge in [0.1, 0.15) is 5.54 Å². The maximum absolute atomic E-state index is 13.1. The Morgan fingerprint density at radius 2 is 1.57 bits per heavy atom. The fourth-order valence-electron chi connectivity index (χ4n) is 2.07. The normalized spacial score (nSPS) is 22.4. The van der Waals surface area contributed by atoms with Crippen LogP contribution in [0.1, 0.15) is 6.42 Å².